The zero-order valence-corrected chi connectivity index (χ0v) is 16.7. The molecule has 2 rings (SSSR count). The van der Waals surface area contributed by atoms with E-state index in [1.165, 1.54) is 12.1 Å². The molecule has 0 aromatic heterocycles. The van der Waals surface area contributed by atoms with Crippen LogP contribution in [0.5, 0.6) is 5.75 Å². The van der Waals surface area contributed by atoms with Crippen LogP contribution in [0.3, 0.4) is 0 Å². The van der Waals surface area contributed by atoms with Crippen molar-refractivity contribution in [1.29, 1.82) is 5.26 Å². The Bertz CT molecular complexity index is 775. The molecule has 1 aliphatic heterocycles. The molecule has 1 fully saturated rings. The number of likely N-dealkylation sites (tertiary alicyclic amines) is 1. The van der Waals surface area contributed by atoms with E-state index in [0.29, 0.717) is 43.6 Å². The monoisotopic (exact) mass is 391 g/mol. The molecular weight excluding hydrogens is 365 g/mol. The van der Waals surface area contributed by atoms with Crippen LogP contribution in [0.2, 0.25) is 0 Å². The minimum absolute atomic E-state index is 0.168. The number of amides is 2. The van der Waals surface area contributed by atoms with Gasteiger partial charge in [0.1, 0.15) is 23.2 Å². The minimum atomic E-state index is -0.582. The lowest BCUT2D eigenvalue weighted by atomic mass is 9.73. The molecule has 0 bridgehead atoms. The summed E-state index contributed by atoms with van der Waals surface area (Å²) in [5.74, 6) is -0.352. The normalized spacial score (nSPS) is 16.1. The van der Waals surface area contributed by atoms with Gasteiger partial charge in [0.25, 0.3) is 0 Å². The Kier molecular flexibility index (Phi) is 6.49. The van der Waals surface area contributed by atoms with E-state index in [1.54, 1.807) is 4.90 Å². The molecule has 0 radical (unpaired) electrons. The highest BCUT2D eigenvalue weighted by Crippen LogP contribution is 2.42. The lowest BCUT2D eigenvalue weighted by Crippen LogP contribution is -2.46. The van der Waals surface area contributed by atoms with Crippen molar-refractivity contribution in [3.8, 4) is 11.8 Å². The Morgan fingerprint density at radius 2 is 2.04 bits per heavy atom. The zero-order chi connectivity index (χ0) is 20.9. The highest BCUT2D eigenvalue weighted by Gasteiger charge is 2.38. The van der Waals surface area contributed by atoms with Crippen molar-refractivity contribution in [2.45, 2.75) is 51.6 Å². The van der Waals surface area contributed by atoms with Crippen LogP contribution in [0.1, 0.15) is 46.1 Å². The number of halogens is 1. The van der Waals surface area contributed by atoms with Crippen LogP contribution in [-0.4, -0.2) is 42.7 Å². The summed E-state index contributed by atoms with van der Waals surface area (Å²) in [6, 6.07) is 4.55. The third-order valence-electron chi connectivity index (χ3n) is 4.70. The molecule has 0 spiro atoms. The molecule has 0 aliphatic carbocycles. The van der Waals surface area contributed by atoms with E-state index >= 15 is 0 Å². The number of anilines is 1. The third-order valence-corrected chi connectivity index (χ3v) is 4.70. The zero-order valence-electron chi connectivity index (χ0n) is 16.7. The fourth-order valence-electron chi connectivity index (χ4n) is 3.33. The first-order valence-electron chi connectivity index (χ1n) is 9.11. The summed E-state index contributed by atoms with van der Waals surface area (Å²) >= 11 is 0. The number of hydrogen-bond acceptors (Lipinski definition) is 5. The Morgan fingerprint density at radius 1 is 1.39 bits per heavy atom. The van der Waals surface area contributed by atoms with E-state index < -0.39 is 16.8 Å². The fraction of sp³-hybridized carbons (Fsp3) is 0.550. The molecule has 0 atom stereocenters. The molecule has 0 saturated carbocycles. The predicted molar refractivity (Wildman–Crippen MR) is 102 cm³/mol. The van der Waals surface area contributed by atoms with Gasteiger partial charge in [-0.2, -0.15) is 5.26 Å². The van der Waals surface area contributed by atoms with Crippen LogP contribution in [0.15, 0.2) is 12.1 Å². The maximum absolute atomic E-state index is 14.9. The lowest BCUT2D eigenvalue weighted by Gasteiger charge is -2.41. The van der Waals surface area contributed by atoms with Crippen LogP contribution in [0, 0.1) is 17.1 Å². The van der Waals surface area contributed by atoms with Gasteiger partial charge in [0.2, 0.25) is 6.41 Å². The maximum Gasteiger partial charge on any atom is 0.410 e. The van der Waals surface area contributed by atoms with E-state index in [4.69, 9.17) is 14.7 Å². The summed E-state index contributed by atoms with van der Waals surface area (Å²) < 4.78 is 25.5. The summed E-state index contributed by atoms with van der Waals surface area (Å²) in [4.78, 5) is 24.9. The molecule has 8 heteroatoms. The minimum Gasteiger partial charge on any atom is -0.479 e. The van der Waals surface area contributed by atoms with Gasteiger partial charge < -0.3 is 19.7 Å². The molecule has 1 saturated heterocycles. The molecule has 2 amide bonds. The van der Waals surface area contributed by atoms with Gasteiger partial charge in [-0.05, 0) is 33.6 Å². The average Bonchev–Trinajstić information content (AvgIpc) is 2.58. The van der Waals surface area contributed by atoms with Crippen molar-refractivity contribution < 1.29 is 23.5 Å². The number of carbonyl (C=O) groups excluding carboxylic acids is 2. The quantitative estimate of drug-likeness (QED) is 0.775. The highest BCUT2D eigenvalue weighted by molar-refractivity contribution is 5.75. The summed E-state index contributed by atoms with van der Waals surface area (Å²) in [5.41, 5.74) is -0.490. The molecule has 1 N–H and O–H groups in total. The van der Waals surface area contributed by atoms with Gasteiger partial charge in [-0.15, -0.1) is 0 Å². The first-order valence-corrected chi connectivity index (χ1v) is 9.11. The van der Waals surface area contributed by atoms with Crippen molar-refractivity contribution in [2.24, 2.45) is 0 Å². The van der Waals surface area contributed by atoms with Gasteiger partial charge in [0.15, 0.2) is 6.61 Å². The van der Waals surface area contributed by atoms with Crippen LogP contribution in [-0.2, 0) is 14.9 Å². The molecular formula is C20H26FN3O4. The molecule has 1 aliphatic rings. The molecule has 7 nitrogen and oxygen atoms in total. The smallest absolute Gasteiger partial charge is 0.410 e. The van der Waals surface area contributed by atoms with E-state index in [9.17, 15) is 14.0 Å². The second-order valence-corrected chi connectivity index (χ2v) is 8.06. The van der Waals surface area contributed by atoms with Crippen molar-refractivity contribution >= 4 is 18.2 Å². The van der Waals surface area contributed by atoms with Crippen molar-refractivity contribution in [2.75, 3.05) is 25.0 Å². The Balaban J connectivity index is 2.23. The standard InChI is InChI=1S/C20H26FN3O4/c1-19(2,3)28-18(26)24-8-5-20(4,6-9-24)17-15(21)11-14(27-10-7-22)12-16(17)23-13-25/h11-13H,5-6,8-10H2,1-4H3,(H,23,25). The van der Waals surface area contributed by atoms with Gasteiger partial charge in [-0.25, -0.2) is 9.18 Å². The van der Waals surface area contributed by atoms with Crippen molar-refractivity contribution in [1.82, 2.24) is 4.90 Å². The van der Waals surface area contributed by atoms with Crippen LogP contribution < -0.4 is 10.1 Å². The van der Waals surface area contributed by atoms with E-state index in [1.807, 2.05) is 33.8 Å². The summed E-state index contributed by atoms with van der Waals surface area (Å²) in [6.45, 7) is 7.94. The van der Waals surface area contributed by atoms with Crippen LogP contribution >= 0.6 is 0 Å². The molecule has 1 aromatic carbocycles. The summed E-state index contributed by atoms with van der Waals surface area (Å²) in [6.07, 6.45) is 1.11. The molecule has 1 aromatic rings. The van der Waals surface area contributed by atoms with Gasteiger partial charge in [-0.3, -0.25) is 4.79 Å². The number of hydrogen-bond donors (Lipinski definition) is 1. The van der Waals surface area contributed by atoms with Crippen molar-refractivity contribution in [3.05, 3.63) is 23.5 Å². The lowest BCUT2D eigenvalue weighted by molar-refractivity contribution is -0.105. The van der Waals surface area contributed by atoms with E-state index in [0.717, 1.165) is 0 Å². The third kappa shape index (κ3) is 5.12. The second kappa shape index (κ2) is 8.46. The maximum atomic E-state index is 14.9. The number of nitrogens with one attached hydrogen (secondary N) is 1. The van der Waals surface area contributed by atoms with Crippen LogP contribution in [0.4, 0.5) is 14.9 Å². The number of ether oxygens (including phenoxy) is 2. The molecule has 152 valence electrons. The Labute approximate surface area is 164 Å². The van der Waals surface area contributed by atoms with Gasteiger partial charge in [-0.1, -0.05) is 6.92 Å². The van der Waals surface area contributed by atoms with Crippen LogP contribution in [0.25, 0.3) is 0 Å². The van der Waals surface area contributed by atoms with E-state index in [-0.39, 0.29) is 18.4 Å². The number of benzene rings is 1. The first-order chi connectivity index (χ1) is 13.1. The van der Waals surface area contributed by atoms with Gasteiger partial charge in [0, 0.05) is 36.2 Å². The second-order valence-electron chi connectivity index (χ2n) is 8.06. The largest absolute Gasteiger partial charge is 0.479 e. The average molecular weight is 391 g/mol. The van der Waals surface area contributed by atoms with Gasteiger partial charge in [0.05, 0.1) is 5.69 Å². The summed E-state index contributed by atoms with van der Waals surface area (Å²) in [5, 5.41) is 11.2. The van der Waals surface area contributed by atoms with Crippen molar-refractivity contribution in [3.63, 3.8) is 0 Å². The number of carbonyl (C=O) groups is 2. The highest BCUT2D eigenvalue weighted by atomic mass is 19.1. The van der Waals surface area contributed by atoms with Gasteiger partial charge >= 0.3 is 6.09 Å². The van der Waals surface area contributed by atoms with E-state index in [2.05, 4.69) is 5.32 Å². The topological polar surface area (TPSA) is 91.7 Å². The number of nitrogens with zero attached hydrogens (tertiary/aromatic N) is 2. The number of nitriles is 1. The number of piperidine rings is 1. The first kappa shape index (κ1) is 21.5. The predicted octanol–water partition coefficient (Wildman–Crippen LogP) is 3.58. The molecule has 1 heterocycles. The SMILES string of the molecule is CC(C)(C)OC(=O)N1CCC(C)(c2c(F)cc(OCC#N)cc2NC=O)CC1. The Morgan fingerprint density at radius 3 is 2.57 bits per heavy atom. The molecule has 0 unspecified atom stereocenters. The summed E-state index contributed by atoms with van der Waals surface area (Å²) in [7, 11) is 0. The fourth-order valence-corrected chi connectivity index (χ4v) is 3.33. The Hall–Kier alpha value is -2.82. The molecule has 28 heavy (non-hydrogen) atoms. The number of rotatable bonds is 5.